The van der Waals surface area contributed by atoms with E-state index >= 15 is 0 Å². The third kappa shape index (κ3) is 5.87. The first kappa shape index (κ1) is 22.7. The van der Waals surface area contributed by atoms with Crippen LogP contribution < -0.4 is 20.1 Å². The van der Waals surface area contributed by atoms with Crippen molar-refractivity contribution in [2.45, 2.75) is 17.7 Å². The first-order valence-corrected chi connectivity index (χ1v) is 11.6. The largest absolute Gasteiger partial charge is 0.486 e. The number of carbonyl (C=O) groups is 3. The molecule has 33 heavy (non-hydrogen) atoms. The van der Waals surface area contributed by atoms with E-state index in [4.69, 9.17) is 9.47 Å². The van der Waals surface area contributed by atoms with Crippen molar-refractivity contribution < 1.29 is 29.0 Å². The Kier molecular flexibility index (Phi) is 7.19. The molecular weight excluding hydrogens is 444 g/mol. The van der Waals surface area contributed by atoms with Gasteiger partial charge in [-0.25, -0.2) is 0 Å². The van der Waals surface area contributed by atoms with Gasteiger partial charge in [0.1, 0.15) is 13.2 Å². The smallest absolute Gasteiger partial charge is 0.307 e. The normalized spacial score (nSPS) is 18.9. The fraction of sp³-hybridized carbons (Fsp3) is 0.292. The van der Waals surface area contributed by atoms with Gasteiger partial charge >= 0.3 is 5.97 Å². The third-order valence-corrected chi connectivity index (χ3v) is 6.42. The van der Waals surface area contributed by atoms with Crippen LogP contribution in [0.3, 0.4) is 0 Å². The van der Waals surface area contributed by atoms with Gasteiger partial charge in [-0.05, 0) is 49.2 Å². The Labute approximate surface area is 195 Å². The van der Waals surface area contributed by atoms with E-state index in [1.807, 2.05) is 18.2 Å². The number of carboxylic acids is 1. The molecule has 0 unspecified atom stereocenters. The van der Waals surface area contributed by atoms with Crippen LogP contribution in [0.4, 0.5) is 11.4 Å². The number of carbonyl (C=O) groups excluding carboxylic acids is 2. The van der Waals surface area contributed by atoms with Gasteiger partial charge in [0.2, 0.25) is 11.8 Å². The number of carboxylic acid groups (broad SMARTS) is 1. The second-order valence-electron chi connectivity index (χ2n) is 7.70. The van der Waals surface area contributed by atoms with Crippen molar-refractivity contribution in [3.05, 3.63) is 54.6 Å². The molecule has 1 aliphatic carbocycles. The summed E-state index contributed by atoms with van der Waals surface area (Å²) in [4.78, 5) is 37.2. The van der Waals surface area contributed by atoms with Gasteiger partial charge in [-0.2, -0.15) is 0 Å². The highest BCUT2D eigenvalue weighted by Gasteiger charge is 2.33. The predicted molar refractivity (Wildman–Crippen MR) is 125 cm³/mol. The number of allylic oxidation sites excluding steroid dienone is 2. The average Bonchev–Trinajstić information content (AvgIpc) is 2.83. The van der Waals surface area contributed by atoms with Gasteiger partial charge < -0.3 is 25.2 Å². The molecular formula is C24H24N2O6S. The van der Waals surface area contributed by atoms with E-state index < -0.39 is 17.8 Å². The second-order valence-corrected chi connectivity index (χ2v) is 8.75. The second kappa shape index (κ2) is 10.4. The number of rotatable bonds is 7. The number of hydrogen-bond donors (Lipinski definition) is 3. The van der Waals surface area contributed by atoms with Crippen molar-refractivity contribution >= 4 is 40.9 Å². The molecule has 2 atom stereocenters. The molecule has 3 N–H and O–H groups in total. The topological polar surface area (TPSA) is 114 Å². The van der Waals surface area contributed by atoms with Gasteiger partial charge in [0.15, 0.2) is 11.5 Å². The number of ether oxygens (including phenoxy) is 2. The lowest BCUT2D eigenvalue weighted by molar-refractivity contribution is -0.146. The summed E-state index contributed by atoms with van der Waals surface area (Å²) < 4.78 is 11.0. The van der Waals surface area contributed by atoms with Crippen molar-refractivity contribution in [2.24, 2.45) is 11.8 Å². The van der Waals surface area contributed by atoms with Gasteiger partial charge in [0, 0.05) is 22.3 Å². The zero-order valence-electron chi connectivity index (χ0n) is 17.8. The Morgan fingerprint density at radius 3 is 2.27 bits per heavy atom. The third-order valence-electron chi connectivity index (χ3n) is 5.40. The van der Waals surface area contributed by atoms with Gasteiger partial charge in [-0.15, -0.1) is 11.8 Å². The van der Waals surface area contributed by atoms with Crippen molar-refractivity contribution in [2.75, 3.05) is 29.6 Å². The number of fused-ring (bicyclic) bond motifs is 1. The number of anilines is 2. The summed E-state index contributed by atoms with van der Waals surface area (Å²) in [6.07, 6.45) is 4.42. The Morgan fingerprint density at radius 2 is 1.55 bits per heavy atom. The molecule has 0 aromatic heterocycles. The van der Waals surface area contributed by atoms with E-state index in [1.54, 1.807) is 36.4 Å². The molecule has 8 nitrogen and oxygen atoms in total. The summed E-state index contributed by atoms with van der Waals surface area (Å²) in [5.74, 6) is -1.22. The fourth-order valence-electron chi connectivity index (χ4n) is 3.71. The number of amides is 2. The number of hydrogen-bond acceptors (Lipinski definition) is 6. The van der Waals surface area contributed by atoms with Crippen LogP contribution in [-0.4, -0.2) is 41.9 Å². The zero-order valence-corrected chi connectivity index (χ0v) is 18.6. The minimum absolute atomic E-state index is 0.154. The van der Waals surface area contributed by atoms with Gasteiger partial charge in [-0.3, -0.25) is 14.4 Å². The molecule has 0 fully saturated rings. The van der Waals surface area contributed by atoms with Crippen LogP contribution in [0.2, 0.25) is 0 Å². The molecule has 0 saturated carbocycles. The van der Waals surface area contributed by atoms with Gasteiger partial charge in [0.25, 0.3) is 0 Å². The van der Waals surface area contributed by atoms with Crippen LogP contribution in [0.1, 0.15) is 12.8 Å². The van der Waals surface area contributed by atoms with Crippen LogP contribution in [-0.2, 0) is 14.4 Å². The minimum atomic E-state index is -0.958. The van der Waals surface area contributed by atoms with E-state index in [-0.39, 0.29) is 17.6 Å². The van der Waals surface area contributed by atoms with Crippen LogP contribution >= 0.6 is 11.8 Å². The fourth-order valence-corrected chi connectivity index (χ4v) is 4.41. The molecule has 2 aliphatic rings. The number of aliphatic carboxylic acids is 1. The zero-order chi connectivity index (χ0) is 23.2. The predicted octanol–water partition coefficient (Wildman–Crippen LogP) is 3.79. The molecule has 172 valence electrons. The summed E-state index contributed by atoms with van der Waals surface area (Å²) in [6.45, 7) is 0.993. The molecule has 4 rings (SSSR count). The van der Waals surface area contributed by atoms with E-state index in [0.29, 0.717) is 48.9 Å². The molecule has 2 amide bonds. The van der Waals surface area contributed by atoms with E-state index in [0.717, 1.165) is 4.90 Å². The summed E-state index contributed by atoms with van der Waals surface area (Å²) in [5.41, 5.74) is 1.23. The van der Waals surface area contributed by atoms with Crippen molar-refractivity contribution in [1.29, 1.82) is 0 Å². The lowest BCUT2D eigenvalue weighted by Crippen LogP contribution is -2.34. The Bertz CT molecular complexity index is 1070. The minimum Gasteiger partial charge on any atom is -0.486 e. The van der Waals surface area contributed by atoms with Crippen LogP contribution in [0.15, 0.2) is 59.5 Å². The van der Waals surface area contributed by atoms with Gasteiger partial charge in [0.05, 0.1) is 17.6 Å². The summed E-state index contributed by atoms with van der Waals surface area (Å²) in [7, 11) is 0. The Morgan fingerprint density at radius 1 is 0.879 bits per heavy atom. The molecule has 0 spiro atoms. The quantitative estimate of drug-likeness (QED) is 0.418. The lowest BCUT2D eigenvalue weighted by atomic mass is 9.82. The first-order chi connectivity index (χ1) is 16.0. The number of nitrogens with one attached hydrogen (secondary N) is 2. The van der Waals surface area contributed by atoms with Crippen molar-refractivity contribution in [1.82, 2.24) is 0 Å². The Hall–Kier alpha value is -3.46. The molecule has 0 saturated heterocycles. The van der Waals surface area contributed by atoms with Crippen LogP contribution in [0, 0.1) is 11.8 Å². The maximum atomic E-state index is 12.6. The van der Waals surface area contributed by atoms with Crippen molar-refractivity contribution in [3.63, 3.8) is 0 Å². The summed E-state index contributed by atoms with van der Waals surface area (Å²) in [6, 6.07) is 12.4. The van der Waals surface area contributed by atoms with Crippen LogP contribution in [0.25, 0.3) is 0 Å². The average molecular weight is 469 g/mol. The summed E-state index contributed by atoms with van der Waals surface area (Å²) in [5, 5.41) is 15.0. The van der Waals surface area contributed by atoms with E-state index in [9.17, 15) is 19.5 Å². The molecule has 0 bridgehead atoms. The van der Waals surface area contributed by atoms with E-state index in [2.05, 4.69) is 10.6 Å². The molecule has 2 aromatic rings. The summed E-state index contributed by atoms with van der Waals surface area (Å²) >= 11 is 1.37. The van der Waals surface area contributed by atoms with Crippen molar-refractivity contribution in [3.8, 4) is 11.5 Å². The molecule has 2 aromatic carbocycles. The molecule has 0 radical (unpaired) electrons. The molecule has 1 heterocycles. The van der Waals surface area contributed by atoms with Gasteiger partial charge in [-0.1, -0.05) is 12.2 Å². The molecule has 1 aliphatic heterocycles. The first-order valence-electron chi connectivity index (χ1n) is 10.6. The maximum Gasteiger partial charge on any atom is 0.307 e. The maximum absolute atomic E-state index is 12.6. The number of benzene rings is 2. The molecule has 9 heteroatoms. The monoisotopic (exact) mass is 468 g/mol. The highest BCUT2D eigenvalue weighted by atomic mass is 32.2. The highest BCUT2D eigenvalue weighted by molar-refractivity contribution is 8.00. The SMILES string of the molecule is O=C(CSc1ccc(NC(=O)[C@@H]2CC=CC[C@H]2C(=O)O)cc1)Nc1ccc2c(c1)OCCO2. The lowest BCUT2D eigenvalue weighted by Gasteiger charge is -2.24. The highest BCUT2D eigenvalue weighted by Crippen LogP contribution is 2.33. The Balaban J connectivity index is 1.27. The van der Waals surface area contributed by atoms with Crippen LogP contribution in [0.5, 0.6) is 11.5 Å². The van der Waals surface area contributed by atoms with E-state index in [1.165, 1.54) is 11.8 Å². The number of thioether (sulfide) groups is 1. The standard InChI is InChI=1S/C24H24N2O6S/c27-22(25-16-7-10-20-21(13-16)32-12-11-31-20)14-33-17-8-5-15(6-9-17)26-23(28)18-3-1-2-4-19(18)24(29)30/h1-2,5-10,13,18-19H,3-4,11-12,14H2,(H,25,27)(H,26,28)(H,29,30)/t18-,19-/m1/s1.